The summed E-state index contributed by atoms with van der Waals surface area (Å²) in [5.74, 6) is 1.12. The molecule has 24 heavy (non-hydrogen) atoms. The van der Waals surface area contributed by atoms with Crippen molar-refractivity contribution in [2.45, 2.75) is 12.5 Å². The number of ether oxygens (including phenoxy) is 2. The lowest BCUT2D eigenvalue weighted by molar-refractivity contribution is -0.116. The van der Waals surface area contributed by atoms with E-state index >= 15 is 0 Å². The van der Waals surface area contributed by atoms with E-state index in [9.17, 15) is 4.79 Å². The third-order valence-corrected chi connectivity index (χ3v) is 4.14. The van der Waals surface area contributed by atoms with E-state index in [0.29, 0.717) is 29.7 Å². The Labute approximate surface area is 146 Å². The second-order valence-corrected chi connectivity index (χ2v) is 5.83. The van der Waals surface area contributed by atoms with Crippen molar-refractivity contribution in [2.24, 2.45) is 0 Å². The number of carbonyl (C=O) groups is 1. The zero-order chi connectivity index (χ0) is 16.9. The monoisotopic (exact) mass is 343 g/mol. The smallest absolute Gasteiger partial charge is 0.244 e. The van der Waals surface area contributed by atoms with Crippen LogP contribution in [0.2, 0.25) is 5.02 Å². The number of carbonyl (C=O) groups excluding carboxylic acids is 1. The van der Waals surface area contributed by atoms with Crippen LogP contribution in [0.3, 0.4) is 0 Å². The Kier molecular flexibility index (Phi) is 5.06. The fourth-order valence-corrected chi connectivity index (χ4v) is 2.86. The number of hydrogen-bond acceptors (Lipinski definition) is 3. The van der Waals surface area contributed by atoms with E-state index in [1.54, 1.807) is 6.07 Å². The lowest BCUT2D eigenvalue weighted by atomic mass is 9.98. The highest BCUT2D eigenvalue weighted by Crippen LogP contribution is 2.35. The summed E-state index contributed by atoms with van der Waals surface area (Å²) >= 11 is 6.33. The second kappa shape index (κ2) is 7.41. The first-order valence-corrected chi connectivity index (χ1v) is 8.14. The molecule has 124 valence electrons. The molecule has 0 fully saturated rings. The van der Waals surface area contributed by atoms with Gasteiger partial charge in [0.25, 0.3) is 0 Å². The highest BCUT2D eigenvalue weighted by molar-refractivity contribution is 6.31. The molecule has 4 nitrogen and oxygen atoms in total. The summed E-state index contributed by atoms with van der Waals surface area (Å²) in [5.41, 5.74) is 1.67. The van der Waals surface area contributed by atoms with Crippen molar-refractivity contribution in [1.29, 1.82) is 0 Å². The third-order valence-electron chi connectivity index (χ3n) is 3.79. The number of rotatable bonds is 4. The lowest BCUT2D eigenvalue weighted by Crippen LogP contribution is -2.27. The van der Waals surface area contributed by atoms with Gasteiger partial charge < -0.3 is 14.8 Å². The topological polar surface area (TPSA) is 47.6 Å². The molecule has 2 aromatic carbocycles. The number of nitrogens with one attached hydrogen (secondary N) is 1. The van der Waals surface area contributed by atoms with Crippen LogP contribution < -0.4 is 14.8 Å². The molecular weight excluding hydrogens is 326 g/mol. The molecule has 1 amide bonds. The third kappa shape index (κ3) is 3.54. The van der Waals surface area contributed by atoms with Gasteiger partial charge in [-0.1, -0.05) is 42.4 Å². The Bertz CT molecular complexity index is 760. The van der Waals surface area contributed by atoms with Gasteiger partial charge in [-0.15, -0.1) is 0 Å². The molecule has 1 aliphatic rings. The summed E-state index contributed by atoms with van der Waals surface area (Å²) in [6.45, 7) is 4.75. The molecule has 1 unspecified atom stereocenters. The van der Waals surface area contributed by atoms with Crippen molar-refractivity contribution in [3.05, 3.63) is 71.3 Å². The Morgan fingerprint density at radius 2 is 1.92 bits per heavy atom. The first kappa shape index (κ1) is 16.4. The highest BCUT2D eigenvalue weighted by atomic mass is 35.5. The molecule has 0 saturated heterocycles. The summed E-state index contributed by atoms with van der Waals surface area (Å²) in [7, 11) is 0. The summed E-state index contributed by atoms with van der Waals surface area (Å²) in [6, 6.07) is 12.7. The quantitative estimate of drug-likeness (QED) is 0.857. The molecular formula is C19H18ClNO3. The Morgan fingerprint density at radius 3 is 2.67 bits per heavy atom. The zero-order valence-electron chi connectivity index (χ0n) is 13.1. The maximum Gasteiger partial charge on any atom is 0.244 e. The van der Waals surface area contributed by atoms with Crippen molar-refractivity contribution in [3.63, 3.8) is 0 Å². The first-order chi connectivity index (χ1) is 11.7. The first-order valence-electron chi connectivity index (χ1n) is 7.76. The van der Waals surface area contributed by atoms with Crippen LogP contribution in [0.25, 0.3) is 0 Å². The van der Waals surface area contributed by atoms with Gasteiger partial charge in [0.05, 0.1) is 19.3 Å². The van der Waals surface area contributed by atoms with Gasteiger partial charge in [-0.25, -0.2) is 0 Å². The maximum atomic E-state index is 11.9. The van der Waals surface area contributed by atoms with Crippen LogP contribution in [0.15, 0.2) is 55.1 Å². The number of hydrogen-bond donors (Lipinski definition) is 1. The van der Waals surface area contributed by atoms with Crippen molar-refractivity contribution in [3.8, 4) is 11.5 Å². The van der Waals surface area contributed by atoms with Crippen molar-refractivity contribution < 1.29 is 14.3 Å². The molecule has 0 aromatic heterocycles. The Hall–Kier alpha value is -2.46. The van der Waals surface area contributed by atoms with Gasteiger partial charge in [-0.2, -0.15) is 0 Å². The minimum atomic E-state index is -0.402. The van der Waals surface area contributed by atoms with Gasteiger partial charge in [0.15, 0.2) is 11.5 Å². The molecule has 2 aromatic rings. The Morgan fingerprint density at radius 1 is 1.17 bits per heavy atom. The SMILES string of the molecule is C=CC(=O)NC(c1ccc2c(c1)OCCCO2)c1ccccc1Cl. The van der Waals surface area contributed by atoms with Gasteiger partial charge in [0, 0.05) is 11.4 Å². The molecule has 0 spiro atoms. The summed E-state index contributed by atoms with van der Waals surface area (Å²) in [6.07, 6.45) is 2.08. The van der Waals surface area contributed by atoms with Crippen LogP contribution in [0.4, 0.5) is 0 Å². The molecule has 3 rings (SSSR count). The molecule has 0 saturated carbocycles. The Balaban J connectivity index is 2.02. The van der Waals surface area contributed by atoms with E-state index in [-0.39, 0.29) is 5.91 Å². The van der Waals surface area contributed by atoms with Gasteiger partial charge in [-0.05, 0) is 35.4 Å². The molecule has 1 heterocycles. The number of benzene rings is 2. The fourth-order valence-electron chi connectivity index (χ4n) is 2.61. The normalized spacial score (nSPS) is 14.4. The van der Waals surface area contributed by atoms with E-state index in [4.69, 9.17) is 21.1 Å². The number of amides is 1. The van der Waals surface area contributed by atoms with Crippen LogP contribution in [0.5, 0.6) is 11.5 Å². The summed E-state index contributed by atoms with van der Waals surface area (Å²) in [4.78, 5) is 11.9. The highest BCUT2D eigenvalue weighted by Gasteiger charge is 2.21. The number of halogens is 1. The molecule has 1 N–H and O–H groups in total. The minimum absolute atomic E-state index is 0.271. The largest absolute Gasteiger partial charge is 0.490 e. The van der Waals surface area contributed by atoms with E-state index < -0.39 is 6.04 Å². The average Bonchev–Trinajstić information content (AvgIpc) is 2.85. The molecule has 0 radical (unpaired) electrons. The number of fused-ring (bicyclic) bond motifs is 1. The molecule has 1 atom stereocenters. The minimum Gasteiger partial charge on any atom is -0.490 e. The molecule has 0 aliphatic carbocycles. The predicted octanol–water partition coefficient (Wildman–Crippen LogP) is 3.89. The lowest BCUT2D eigenvalue weighted by Gasteiger charge is -2.21. The van der Waals surface area contributed by atoms with Crippen LogP contribution >= 0.6 is 11.6 Å². The van der Waals surface area contributed by atoms with Gasteiger partial charge >= 0.3 is 0 Å². The van der Waals surface area contributed by atoms with Gasteiger partial charge in [-0.3, -0.25) is 4.79 Å². The molecule has 5 heteroatoms. The van der Waals surface area contributed by atoms with Crippen LogP contribution in [-0.4, -0.2) is 19.1 Å². The van der Waals surface area contributed by atoms with E-state index in [1.807, 2.05) is 36.4 Å². The van der Waals surface area contributed by atoms with Gasteiger partial charge in [0.1, 0.15) is 0 Å². The van der Waals surface area contributed by atoms with Crippen LogP contribution in [-0.2, 0) is 4.79 Å². The maximum absolute atomic E-state index is 11.9. The van der Waals surface area contributed by atoms with E-state index in [0.717, 1.165) is 17.5 Å². The van der Waals surface area contributed by atoms with Crippen molar-refractivity contribution in [2.75, 3.05) is 13.2 Å². The van der Waals surface area contributed by atoms with E-state index in [1.165, 1.54) is 6.08 Å². The van der Waals surface area contributed by atoms with Crippen molar-refractivity contribution in [1.82, 2.24) is 5.32 Å². The summed E-state index contributed by atoms with van der Waals surface area (Å²) < 4.78 is 11.4. The van der Waals surface area contributed by atoms with Crippen LogP contribution in [0, 0.1) is 0 Å². The standard InChI is InChI=1S/C19H18ClNO3/c1-2-18(22)21-19(14-6-3-4-7-15(14)20)13-8-9-16-17(12-13)24-11-5-10-23-16/h2-4,6-9,12,19H,1,5,10-11H2,(H,21,22). The second-order valence-electron chi connectivity index (χ2n) is 5.42. The predicted molar refractivity (Wildman–Crippen MR) is 93.7 cm³/mol. The molecule has 0 bridgehead atoms. The van der Waals surface area contributed by atoms with E-state index in [2.05, 4.69) is 11.9 Å². The molecule has 1 aliphatic heterocycles. The van der Waals surface area contributed by atoms with Gasteiger partial charge in [0.2, 0.25) is 5.91 Å². The zero-order valence-corrected chi connectivity index (χ0v) is 13.9. The summed E-state index contributed by atoms with van der Waals surface area (Å²) in [5, 5.41) is 3.51. The van der Waals surface area contributed by atoms with Crippen molar-refractivity contribution >= 4 is 17.5 Å². The fraction of sp³-hybridized carbons (Fsp3) is 0.211. The van der Waals surface area contributed by atoms with Crippen LogP contribution in [0.1, 0.15) is 23.6 Å². The average molecular weight is 344 g/mol.